The fourth-order valence-corrected chi connectivity index (χ4v) is 7.93. The van der Waals surface area contributed by atoms with E-state index in [2.05, 4.69) is 22.5 Å². The lowest BCUT2D eigenvalue weighted by molar-refractivity contribution is -0.376. The molecule has 8 nitrogen and oxygen atoms in total. The van der Waals surface area contributed by atoms with Crippen molar-refractivity contribution in [1.82, 2.24) is 0 Å². The van der Waals surface area contributed by atoms with E-state index in [4.69, 9.17) is 5.11 Å². The van der Waals surface area contributed by atoms with Gasteiger partial charge in [-0.05, 0) is 116 Å². The van der Waals surface area contributed by atoms with E-state index in [0.717, 1.165) is 0 Å². The van der Waals surface area contributed by atoms with Crippen molar-refractivity contribution in [2.45, 2.75) is 172 Å². The minimum Gasteiger partial charge on any atom is -0.376 e. The van der Waals surface area contributed by atoms with Crippen LogP contribution in [0, 0.1) is 0 Å². The van der Waals surface area contributed by atoms with Crippen molar-refractivity contribution in [1.29, 1.82) is 0 Å². The Hall–Kier alpha value is -5.74. The van der Waals surface area contributed by atoms with Crippen LogP contribution in [0.5, 0.6) is 0 Å². The number of aliphatic hydroxyl groups is 8. The van der Waals surface area contributed by atoms with Crippen LogP contribution >= 0.6 is 15.9 Å². The second kappa shape index (κ2) is 28.1. The molecule has 0 bridgehead atoms. The van der Waals surface area contributed by atoms with Crippen LogP contribution in [0.25, 0.3) is 6.08 Å². The highest BCUT2D eigenvalue weighted by Crippen LogP contribution is 2.57. The molecule has 0 radical (unpaired) electrons. The van der Waals surface area contributed by atoms with Crippen LogP contribution in [-0.2, 0) is 51.2 Å². The number of hydrogen-bond acceptors (Lipinski definition) is 8. The van der Waals surface area contributed by atoms with Gasteiger partial charge in [-0.3, -0.25) is 0 Å². The Morgan fingerprint density at radius 1 is 0.313 bits per heavy atom. The summed E-state index contributed by atoms with van der Waals surface area (Å²) in [7, 11) is 0. The third kappa shape index (κ3) is 18.0. The fraction of sp³-hybridized carbons (Fsp3) is 0.519. The first-order valence-corrected chi connectivity index (χ1v) is 26.4. The van der Waals surface area contributed by atoms with Crippen LogP contribution in [-0.4, -0.2) is 115 Å². The second-order valence-corrected chi connectivity index (χ2v) is 22.8. The standard InChI is InChI=1S/C14H12BrF9O2.C14H13F9O2.C14H11F9O2.C12H9F9O2/c1-6(15)7-3-8(10(2,25)12(16,17)18)5-9(4-7)11(26,13(19,20)21)14(22,23)24;2*1-3-7-4-8(10(2,24)12(15,16)17)6-9(5-7)11(25,13(18,19)20)14(21,22)23;1-8(22,10(13,14)15)6-3-2-4-7(5-6)9(23,11(16,17)18)12(19,20)21/h3-6,25-26H,1-2H3;4-6,24-25H,3H2,1-2H3;3-6,24-25H,1H2,2H3;2-5,22-23H,1H3. The summed E-state index contributed by atoms with van der Waals surface area (Å²) in [5.74, 6) is 0. The molecule has 0 aliphatic rings. The minimum atomic E-state index is -6.29. The van der Waals surface area contributed by atoms with E-state index >= 15 is 0 Å². The Bertz CT molecular complexity index is 3350. The Kier molecular flexibility index (Phi) is 25.9. The SMILES string of the molecule is C=Cc1cc(C(C)(O)C(F)(F)F)cc(C(O)(C(F)(F)F)C(F)(F)F)c1.CC(Br)c1cc(C(C)(O)C(F)(F)F)cc(C(O)(C(F)(F)F)C(F)(F)F)c1.CC(O)(c1cccc(C(O)(C(F)(F)F)C(F)(F)F)c1)C(F)(F)F.CCc1cc(C(C)(O)C(F)(F)F)cc(C(O)(C(F)(F)F)C(F)(F)F)c1. The first-order valence-electron chi connectivity index (χ1n) is 25.5. The number of aryl methyl sites for hydroxylation is 1. The zero-order valence-electron chi connectivity index (χ0n) is 49.1. The van der Waals surface area contributed by atoms with Crippen LogP contribution in [0.2, 0.25) is 0 Å². The zero-order valence-corrected chi connectivity index (χ0v) is 50.7. The van der Waals surface area contributed by atoms with Crippen molar-refractivity contribution in [3.05, 3.63) is 147 Å². The van der Waals surface area contributed by atoms with Crippen LogP contribution in [0.4, 0.5) is 158 Å². The van der Waals surface area contributed by atoms with Gasteiger partial charge < -0.3 is 40.9 Å². The molecule has 0 aliphatic carbocycles. The molecule has 0 aromatic heterocycles. The third-order valence-electron chi connectivity index (χ3n) is 14.3. The molecule has 0 saturated carbocycles. The molecule has 4 rings (SSSR count). The van der Waals surface area contributed by atoms with Gasteiger partial charge in [0, 0.05) is 27.1 Å². The minimum absolute atomic E-state index is 0.145. The summed E-state index contributed by atoms with van der Waals surface area (Å²) < 4.78 is 463. The number of benzene rings is 4. The smallest absolute Gasteiger partial charge is 0.376 e. The van der Waals surface area contributed by atoms with Gasteiger partial charge in [0.1, 0.15) is 0 Å². The first kappa shape index (κ1) is 91.3. The summed E-state index contributed by atoms with van der Waals surface area (Å²) in [5, 5.41) is 75.3. The van der Waals surface area contributed by atoms with Crippen LogP contribution < -0.4 is 0 Å². The molecule has 0 amide bonds. The predicted octanol–water partition coefficient (Wildman–Crippen LogP) is 17.7. The quantitative estimate of drug-likeness (QED) is 0.0544. The highest BCUT2D eigenvalue weighted by Gasteiger charge is 2.75. The lowest BCUT2D eigenvalue weighted by Gasteiger charge is -2.35. The van der Waals surface area contributed by atoms with Gasteiger partial charge in [0.15, 0.2) is 22.4 Å². The molecule has 8 N–H and O–H groups in total. The maximum Gasteiger partial charge on any atom is 0.430 e. The van der Waals surface area contributed by atoms with Gasteiger partial charge in [0.2, 0.25) is 0 Å². The van der Waals surface area contributed by atoms with Gasteiger partial charge in [-0.15, -0.1) is 0 Å². The number of hydrogen-bond donors (Lipinski definition) is 8. The average molecular weight is 1590 g/mol. The molecule has 0 saturated heterocycles. The molecule has 0 fully saturated rings. The summed E-state index contributed by atoms with van der Waals surface area (Å²) in [6, 6.07) is 2.91. The third-order valence-corrected chi connectivity index (χ3v) is 14.8. The Balaban J connectivity index is 0.000000661. The second-order valence-electron chi connectivity index (χ2n) is 21.5. The van der Waals surface area contributed by atoms with Crippen molar-refractivity contribution in [2.75, 3.05) is 0 Å². The molecule has 4 aromatic carbocycles. The molecule has 5 unspecified atom stereocenters. The molecule has 45 heteroatoms. The van der Waals surface area contributed by atoms with E-state index in [9.17, 15) is 194 Å². The molecular formula is C54H45BrF36O8. The van der Waals surface area contributed by atoms with Crippen molar-refractivity contribution in [3.63, 3.8) is 0 Å². The molecule has 0 spiro atoms. The van der Waals surface area contributed by atoms with E-state index in [-0.39, 0.29) is 82.1 Å². The summed E-state index contributed by atoms with van der Waals surface area (Å²) in [6.45, 7) is 6.23. The number of halogens is 37. The van der Waals surface area contributed by atoms with Gasteiger partial charge in [-0.25, -0.2) is 0 Å². The van der Waals surface area contributed by atoms with E-state index in [1.165, 1.54) is 13.8 Å². The topological polar surface area (TPSA) is 162 Å². The normalized spacial score (nSPS) is 17.0. The summed E-state index contributed by atoms with van der Waals surface area (Å²) in [6.07, 6.45) is -71.2. The van der Waals surface area contributed by atoms with Gasteiger partial charge >= 0.3 is 74.1 Å². The average Bonchev–Trinajstić information content (AvgIpc) is 0.751. The van der Waals surface area contributed by atoms with Gasteiger partial charge in [0.25, 0.3) is 22.4 Å². The zero-order chi connectivity index (χ0) is 79.5. The van der Waals surface area contributed by atoms with Crippen LogP contribution in [0.15, 0.2) is 85.4 Å². The maximum atomic E-state index is 13.0. The van der Waals surface area contributed by atoms with Crippen molar-refractivity contribution < 1.29 is 199 Å². The Morgan fingerprint density at radius 3 is 0.778 bits per heavy atom. The predicted molar refractivity (Wildman–Crippen MR) is 269 cm³/mol. The lowest BCUT2D eigenvalue weighted by Crippen LogP contribution is -2.54. The summed E-state index contributed by atoms with van der Waals surface area (Å²) in [5.41, 5.74) is -50.6. The van der Waals surface area contributed by atoms with E-state index in [1.807, 2.05) is 0 Å². The number of rotatable bonds is 11. The van der Waals surface area contributed by atoms with Gasteiger partial charge in [0.05, 0.1) is 0 Å². The van der Waals surface area contributed by atoms with E-state index in [0.29, 0.717) is 42.5 Å². The Labute approximate surface area is 538 Å². The molecular weight excluding hydrogens is 1540 g/mol. The highest BCUT2D eigenvalue weighted by atomic mass is 79.9. The number of alkyl halides is 37. The van der Waals surface area contributed by atoms with Crippen molar-refractivity contribution in [3.8, 4) is 0 Å². The van der Waals surface area contributed by atoms with Crippen molar-refractivity contribution in [2.24, 2.45) is 0 Å². The monoisotopic (exact) mass is 1580 g/mol. The van der Waals surface area contributed by atoms with E-state index in [1.54, 1.807) is 0 Å². The molecule has 568 valence electrons. The maximum absolute atomic E-state index is 13.0. The first-order chi connectivity index (χ1) is 43.0. The largest absolute Gasteiger partial charge is 0.430 e. The van der Waals surface area contributed by atoms with Gasteiger partial charge in [-0.1, -0.05) is 78.0 Å². The molecule has 0 heterocycles. The summed E-state index contributed by atoms with van der Waals surface area (Å²) >= 11 is 2.83. The van der Waals surface area contributed by atoms with Crippen LogP contribution in [0.3, 0.4) is 0 Å². The van der Waals surface area contributed by atoms with Gasteiger partial charge in [-0.2, -0.15) is 158 Å². The molecule has 5 atom stereocenters. The van der Waals surface area contributed by atoms with E-state index < -0.39 is 179 Å². The highest BCUT2D eigenvalue weighted by molar-refractivity contribution is 9.09. The molecule has 99 heavy (non-hydrogen) atoms. The summed E-state index contributed by atoms with van der Waals surface area (Å²) in [4.78, 5) is -0.976. The van der Waals surface area contributed by atoms with Crippen molar-refractivity contribution >= 4 is 22.0 Å². The fourth-order valence-electron chi connectivity index (χ4n) is 7.67. The Morgan fingerprint density at radius 2 is 0.515 bits per heavy atom. The van der Waals surface area contributed by atoms with Crippen LogP contribution in [0.1, 0.15) is 108 Å². The molecule has 0 aliphatic heterocycles. The lowest BCUT2D eigenvalue weighted by atomic mass is 9.85. The molecule has 4 aromatic rings.